The fourth-order valence-electron chi connectivity index (χ4n) is 1.68. The van der Waals surface area contributed by atoms with Gasteiger partial charge in [-0.15, -0.1) is 0 Å². The summed E-state index contributed by atoms with van der Waals surface area (Å²) in [6.45, 7) is 0. The number of anilines is 1. The summed E-state index contributed by atoms with van der Waals surface area (Å²) in [4.78, 5) is -0.358. The number of benzene rings is 2. The van der Waals surface area contributed by atoms with Crippen molar-refractivity contribution >= 4 is 38.7 Å². The quantitative estimate of drug-likeness (QED) is 0.835. The van der Waals surface area contributed by atoms with Crippen LogP contribution in [0.1, 0.15) is 0 Å². The van der Waals surface area contributed by atoms with Crippen molar-refractivity contribution in [2.45, 2.75) is 4.90 Å². The minimum atomic E-state index is -3.87. The molecule has 0 amide bonds. The summed E-state index contributed by atoms with van der Waals surface area (Å²) >= 11 is 11.7. The molecule has 2 aromatic carbocycles. The standard InChI is InChI=1S/C15H10Cl2N2O2S/c16-11-6-12(17)8-13(7-11)19-10-15(9-18)22(20,21)14-4-2-1-3-5-14/h1-8,10,19H/b15-10+. The number of nitrogens with zero attached hydrogens (tertiary/aromatic N) is 1. The first-order chi connectivity index (χ1) is 10.4. The van der Waals surface area contributed by atoms with Crippen LogP contribution in [0.2, 0.25) is 10.0 Å². The number of allylic oxidation sites excluding steroid dienone is 1. The van der Waals surface area contributed by atoms with Gasteiger partial charge in [-0.1, -0.05) is 41.4 Å². The predicted octanol–water partition coefficient (Wildman–Crippen LogP) is 4.24. The molecule has 4 nitrogen and oxygen atoms in total. The lowest BCUT2D eigenvalue weighted by molar-refractivity contribution is 0.603. The van der Waals surface area contributed by atoms with Crippen molar-refractivity contribution in [2.24, 2.45) is 0 Å². The Kier molecular flexibility index (Phi) is 5.09. The summed E-state index contributed by atoms with van der Waals surface area (Å²) < 4.78 is 24.7. The zero-order valence-corrected chi connectivity index (χ0v) is 13.5. The summed E-state index contributed by atoms with van der Waals surface area (Å²) in [5, 5.41) is 12.6. The van der Waals surface area contributed by atoms with E-state index in [4.69, 9.17) is 28.5 Å². The zero-order valence-electron chi connectivity index (χ0n) is 11.1. The average molecular weight is 353 g/mol. The largest absolute Gasteiger partial charge is 0.360 e. The number of halogens is 2. The maximum Gasteiger partial charge on any atom is 0.218 e. The van der Waals surface area contributed by atoms with E-state index in [0.717, 1.165) is 6.20 Å². The van der Waals surface area contributed by atoms with Crippen LogP contribution in [0.15, 0.2) is 64.5 Å². The SMILES string of the molecule is N#C/C(=C\Nc1cc(Cl)cc(Cl)c1)S(=O)(=O)c1ccccc1. The van der Waals surface area contributed by atoms with Crippen LogP contribution < -0.4 is 5.32 Å². The van der Waals surface area contributed by atoms with Gasteiger partial charge in [0, 0.05) is 21.9 Å². The van der Waals surface area contributed by atoms with Crippen molar-refractivity contribution in [1.29, 1.82) is 5.26 Å². The van der Waals surface area contributed by atoms with Gasteiger partial charge < -0.3 is 5.32 Å². The molecule has 112 valence electrons. The van der Waals surface area contributed by atoms with Crippen molar-refractivity contribution in [1.82, 2.24) is 0 Å². The van der Waals surface area contributed by atoms with Crippen LogP contribution in [-0.2, 0) is 9.84 Å². The van der Waals surface area contributed by atoms with Gasteiger partial charge in [-0.05, 0) is 30.3 Å². The van der Waals surface area contributed by atoms with Crippen LogP contribution in [-0.4, -0.2) is 8.42 Å². The Bertz CT molecular complexity index is 837. The molecule has 0 saturated heterocycles. The monoisotopic (exact) mass is 352 g/mol. The second-order valence-electron chi connectivity index (χ2n) is 4.24. The van der Waals surface area contributed by atoms with Gasteiger partial charge >= 0.3 is 0 Å². The van der Waals surface area contributed by atoms with Crippen molar-refractivity contribution in [3.63, 3.8) is 0 Å². The molecule has 22 heavy (non-hydrogen) atoms. The van der Waals surface area contributed by atoms with Crippen LogP contribution >= 0.6 is 23.2 Å². The molecular weight excluding hydrogens is 343 g/mol. The lowest BCUT2D eigenvalue weighted by Crippen LogP contribution is -2.05. The molecule has 0 saturated carbocycles. The van der Waals surface area contributed by atoms with E-state index in [0.29, 0.717) is 15.7 Å². The van der Waals surface area contributed by atoms with E-state index in [2.05, 4.69) is 5.32 Å². The lowest BCUT2D eigenvalue weighted by atomic mass is 10.3. The Morgan fingerprint density at radius 2 is 1.68 bits per heavy atom. The smallest absolute Gasteiger partial charge is 0.218 e. The molecule has 0 bridgehead atoms. The number of hydrogen-bond donors (Lipinski definition) is 1. The van der Waals surface area contributed by atoms with Gasteiger partial charge in [0.2, 0.25) is 9.84 Å². The summed E-state index contributed by atoms with van der Waals surface area (Å²) in [6.07, 6.45) is 1.12. The maximum atomic E-state index is 12.3. The third-order valence-corrected chi connectivity index (χ3v) is 4.80. The molecule has 0 spiro atoms. The first kappa shape index (κ1) is 16.4. The second kappa shape index (κ2) is 6.84. The first-order valence-corrected chi connectivity index (χ1v) is 8.30. The van der Waals surface area contributed by atoms with Gasteiger partial charge in [-0.3, -0.25) is 0 Å². The second-order valence-corrected chi connectivity index (χ2v) is 7.03. The molecule has 2 rings (SSSR count). The highest BCUT2D eigenvalue weighted by atomic mass is 35.5. The fourth-order valence-corrected chi connectivity index (χ4v) is 3.31. The molecule has 1 N–H and O–H groups in total. The minimum absolute atomic E-state index is 0.0497. The average Bonchev–Trinajstić information content (AvgIpc) is 2.47. The van der Waals surface area contributed by atoms with Gasteiger partial charge in [0.1, 0.15) is 6.07 Å². The van der Waals surface area contributed by atoms with Crippen molar-refractivity contribution in [3.05, 3.63) is 69.7 Å². The van der Waals surface area contributed by atoms with E-state index in [1.54, 1.807) is 42.5 Å². The Hall–Kier alpha value is -2.00. The molecule has 0 atom stereocenters. The minimum Gasteiger partial charge on any atom is -0.360 e. The summed E-state index contributed by atoms with van der Waals surface area (Å²) in [7, 11) is -3.87. The third-order valence-electron chi connectivity index (χ3n) is 2.69. The number of nitriles is 1. The first-order valence-electron chi connectivity index (χ1n) is 6.06. The predicted molar refractivity (Wildman–Crippen MR) is 87.4 cm³/mol. The third kappa shape index (κ3) is 3.80. The summed E-state index contributed by atoms with van der Waals surface area (Å²) in [5.41, 5.74) is 0.480. The zero-order chi connectivity index (χ0) is 16.2. The van der Waals surface area contributed by atoms with Crippen molar-refractivity contribution in [2.75, 3.05) is 5.32 Å². The Morgan fingerprint density at radius 3 is 2.23 bits per heavy atom. The molecule has 7 heteroatoms. The van der Waals surface area contributed by atoms with Crippen molar-refractivity contribution in [3.8, 4) is 6.07 Å². The Balaban J connectivity index is 2.34. The lowest BCUT2D eigenvalue weighted by Gasteiger charge is -2.05. The van der Waals surface area contributed by atoms with Crippen LogP contribution in [0.25, 0.3) is 0 Å². The molecular formula is C15H10Cl2N2O2S. The molecule has 2 aromatic rings. The van der Waals surface area contributed by atoms with Crippen LogP contribution in [0.4, 0.5) is 5.69 Å². The highest BCUT2D eigenvalue weighted by Gasteiger charge is 2.20. The molecule has 0 aliphatic heterocycles. The van der Waals surface area contributed by atoms with Gasteiger partial charge in [0.05, 0.1) is 4.90 Å². The molecule has 0 aliphatic carbocycles. The normalized spacial score (nSPS) is 11.8. The summed E-state index contributed by atoms with van der Waals surface area (Å²) in [5.74, 6) is 0. The molecule has 0 aliphatic rings. The molecule has 0 radical (unpaired) electrons. The van der Waals surface area contributed by atoms with E-state index >= 15 is 0 Å². The molecule has 0 heterocycles. The highest BCUT2D eigenvalue weighted by Crippen LogP contribution is 2.23. The topological polar surface area (TPSA) is 70.0 Å². The number of hydrogen-bond acceptors (Lipinski definition) is 4. The van der Waals surface area contributed by atoms with Crippen molar-refractivity contribution < 1.29 is 8.42 Å². The van der Waals surface area contributed by atoms with Gasteiger partial charge in [-0.25, -0.2) is 8.42 Å². The van der Waals surface area contributed by atoms with E-state index in [1.807, 2.05) is 0 Å². The van der Waals surface area contributed by atoms with E-state index < -0.39 is 14.7 Å². The number of nitrogens with one attached hydrogen (secondary N) is 1. The van der Waals surface area contributed by atoms with Gasteiger partial charge in [0.15, 0.2) is 4.91 Å². The fraction of sp³-hybridized carbons (Fsp3) is 0. The molecule has 0 fully saturated rings. The Morgan fingerprint density at radius 1 is 1.09 bits per heavy atom. The molecule has 0 unspecified atom stereocenters. The maximum absolute atomic E-state index is 12.3. The van der Waals surface area contributed by atoms with E-state index in [9.17, 15) is 8.42 Å². The number of rotatable bonds is 4. The van der Waals surface area contributed by atoms with Gasteiger partial charge in [-0.2, -0.15) is 5.26 Å². The van der Waals surface area contributed by atoms with Gasteiger partial charge in [0.25, 0.3) is 0 Å². The van der Waals surface area contributed by atoms with Crippen LogP contribution in [0.3, 0.4) is 0 Å². The molecule has 0 aromatic heterocycles. The number of sulfone groups is 1. The van der Waals surface area contributed by atoms with Crippen LogP contribution in [0, 0.1) is 11.3 Å². The summed E-state index contributed by atoms with van der Waals surface area (Å²) in [6, 6.07) is 14.1. The van der Waals surface area contributed by atoms with Crippen LogP contribution in [0.5, 0.6) is 0 Å². The Labute approximate surface area is 138 Å². The highest BCUT2D eigenvalue weighted by molar-refractivity contribution is 7.95. The van der Waals surface area contributed by atoms with E-state index in [1.165, 1.54) is 12.1 Å². The van der Waals surface area contributed by atoms with E-state index in [-0.39, 0.29) is 4.90 Å².